The Morgan fingerprint density at radius 2 is 2.14 bits per heavy atom. The van der Waals surface area contributed by atoms with E-state index in [1.165, 1.54) is 0 Å². The van der Waals surface area contributed by atoms with E-state index >= 15 is 0 Å². The van der Waals surface area contributed by atoms with Crippen LogP contribution in [0.25, 0.3) is 0 Å². The summed E-state index contributed by atoms with van der Waals surface area (Å²) in [6, 6.07) is 1.95. The summed E-state index contributed by atoms with van der Waals surface area (Å²) in [6.07, 6.45) is 6.67. The average Bonchev–Trinajstić information content (AvgIpc) is 2.98. The third-order valence-corrected chi connectivity index (χ3v) is 5.63. The topological polar surface area (TPSA) is 114 Å². The Balaban J connectivity index is 1.27. The van der Waals surface area contributed by atoms with Gasteiger partial charge in [0.2, 0.25) is 5.91 Å². The van der Waals surface area contributed by atoms with Crippen LogP contribution in [0.3, 0.4) is 0 Å². The molecular formula is C20H28N6O3. The van der Waals surface area contributed by atoms with Gasteiger partial charge in [0.1, 0.15) is 6.10 Å². The summed E-state index contributed by atoms with van der Waals surface area (Å²) < 4.78 is 7.24. The minimum absolute atomic E-state index is 0.00473. The monoisotopic (exact) mass is 400 g/mol. The molecule has 0 unspecified atom stereocenters. The van der Waals surface area contributed by atoms with Crippen molar-refractivity contribution >= 4 is 17.8 Å². The highest BCUT2D eigenvalue weighted by Crippen LogP contribution is 2.47. The van der Waals surface area contributed by atoms with Crippen molar-refractivity contribution in [2.45, 2.75) is 63.5 Å². The summed E-state index contributed by atoms with van der Waals surface area (Å²) >= 11 is 0. The van der Waals surface area contributed by atoms with Crippen LogP contribution in [-0.2, 0) is 16.6 Å². The molecule has 2 aliphatic rings. The van der Waals surface area contributed by atoms with Gasteiger partial charge in [-0.05, 0) is 51.0 Å². The fraction of sp³-hybridized carbons (Fsp3) is 0.600. The van der Waals surface area contributed by atoms with Gasteiger partial charge in [-0.25, -0.2) is 4.79 Å². The first-order valence-electron chi connectivity index (χ1n) is 10.2. The van der Waals surface area contributed by atoms with Crippen molar-refractivity contribution in [3.63, 3.8) is 0 Å². The van der Waals surface area contributed by atoms with E-state index in [1.807, 2.05) is 39.4 Å². The van der Waals surface area contributed by atoms with Crippen molar-refractivity contribution in [2.24, 2.45) is 13.0 Å². The first-order chi connectivity index (χ1) is 13.9. The summed E-state index contributed by atoms with van der Waals surface area (Å²) in [6.45, 7) is 3.80. The number of aromatic nitrogens is 4. The number of amides is 2. The van der Waals surface area contributed by atoms with Crippen molar-refractivity contribution in [1.29, 1.82) is 0 Å². The SMILES string of the molecule is CC(C)NC(=O)O[C@@H]1CC[C@H](c2cc(NC(=O)[C@H]3C[C@@H]3c3cnn(C)c3)n[nH]2)C1. The smallest absolute Gasteiger partial charge is 0.407 e. The van der Waals surface area contributed by atoms with Crippen molar-refractivity contribution in [2.75, 3.05) is 5.32 Å². The van der Waals surface area contributed by atoms with E-state index in [0.29, 0.717) is 5.82 Å². The highest BCUT2D eigenvalue weighted by atomic mass is 16.6. The second kappa shape index (κ2) is 7.88. The zero-order chi connectivity index (χ0) is 20.5. The number of alkyl carbamates (subject to hydrolysis) is 1. The lowest BCUT2D eigenvalue weighted by Crippen LogP contribution is -2.33. The van der Waals surface area contributed by atoms with Crippen molar-refractivity contribution < 1.29 is 14.3 Å². The molecule has 2 aromatic rings. The molecule has 0 bridgehead atoms. The number of rotatable bonds is 6. The minimum atomic E-state index is -0.365. The Labute approximate surface area is 169 Å². The van der Waals surface area contributed by atoms with Gasteiger partial charge in [0.15, 0.2) is 5.82 Å². The van der Waals surface area contributed by atoms with Crippen molar-refractivity contribution in [3.05, 3.63) is 29.7 Å². The average molecular weight is 400 g/mol. The number of nitrogens with one attached hydrogen (secondary N) is 3. The van der Waals surface area contributed by atoms with Gasteiger partial charge in [-0.3, -0.25) is 14.6 Å². The lowest BCUT2D eigenvalue weighted by atomic mass is 10.0. The lowest BCUT2D eigenvalue weighted by molar-refractivity contribution is -0.117. The molecule has 0 aliphatic heterocycles. The Morgan fingerprint density at radius 1 is 1.31 bits per heavy atom. The fourth-order valence-corrected chi connectivity index (χ4v) is 4.06. The molecule has 4 atom stereocenters. The number of carbonyl (C=O) groups is 2. The molecule has 0 radical (unpaired) electrons. The van der Waals surface area contributed by atoms with E-state index < -0.39 is 0 Å². The molecule has 2 fully saturated rings. The minimum Gasteiger partial charge on any atom is -0.446 e. The Hall–Kier alpha value is -2.84. The van der Waals surface area contributed by atoms with Crippen LogP contribution in [0.4, 0.5) is 10.6 Å². The van der Waals surface area contributed by atoms with Crippen LogP contribution in [0.15, 0.2) is 18.5 Å². The van der Waals surface area contributed by atoms with Crippen LogP contribution >= 0.6 is 0 Å². The first-order valence-corrected chi connectivity index (χ1v) is 10.2. The summed E-state index contributed by atoms with van der Waals surface area (Å²) in [4.78, 5) is 24.3. The summed E-state index contributed by atoms with van der Waals surface area (Å²) in [5.41, 5.74) is 2.07. The molecule has 9 heteroatoms. The third-order valence-electron chi connectivity index (χ3n) is 5.63. The van der Waals surface area contributed by atoms with Gasteiger partial charge in [-0.1, -0.05) is 0 Å². The number of ether oxygens (including phenoxy) is 1. The van der Waals surface area contributed by atoms with E-state index in [-0.39, 0.29) is 41.9 Å². The number of hydrogen-bond donors (Lipinski definition) is 3. The number of carbonyl (C=O) groups excluding carboxylic acids is 2. The van der Waals surface area contributed by atoms with Gasteiger partial charge in [0, 0.05) is 42.9 Å². The van der Waals surface area contributed by atoms with E-state index in [9.17, 15) is 9.59 Å². The second-order valence-corrected chi connectivity index (χ2v) is 8.43. The molecule has 2 saturated carbocycles. The molecular weight excluding hydrogens is 372 g/mol. The van der Waals surface area contributed by atoms with Crippen LogP contribution < -0.4 is 10.6 Å². The molecule has 2 heterocycles. The first kappa shape index (κ1) is 19.5. The maximum Gasteiger partial charge on any atom is 0.407 e. The van der Waals surface area contributed by atoms with E-state index in [4.69, 9.17) is 4.74 Å². The Kier molecular flexibility index (Phi) is 5.29. The molecule has 2 amide bonds. The van der Waals surface area contributed by atoms with E-state index in [1.54, 1.807) is 4.68 Å². The number of nitrogens with zero attached hydrogens (tertiary/aromatic N) is 3. The number of aryl methyl sites for hydroxylation is 1. The maximum absolute atomic E-state index is 12.5. The normalized spacial score (nSPS) is 25.8. The van der Waals surface area contributed by atoms with E-state index in [0.717, 1.165) is 36.9 Å². The third kappa shape index (κ3) is 4.60. The molecule has 9 nitrogen and oxygen atoms in total. The van der Waals surface area contributed by atoms with Crippen molar-refractivity contribution in [1.82, 2.24) is 25.3 Å². The number of H-pyrrole nitrogens is 1. The Morgan fingerprint density at radius 3 is 2.86 bits per heavy atom. The maximum atomic E-state index is 12.5. The molecule has 0 spiro atoms. The molecule has 2 aromatic heterocycles. The fourth-order valence-electron chi connectivity index (χ4n) is 4.06. The number of anilines is 1. The summed E-state index contributed by atoms with van der Waals surface area (Å²) in [5, 5.41) is 17.1. The lowest BCUT2D eigenvalue weighted by Gasteiger charge is -2.14. The predicted octanol–water partition coefficient (Wildman–Crippen LogP) is 2.66. The standard InChI is InChI=1S/C20H28N6O3/c1-11(2)22-20(28)29-14-5-4-12(6-14)17-8-18(25-24-17)23-19(27)16-7-15(16)13-9-21-26(3)10-13/h8-12,14-16H,4-7H2,1-3H3,(H,22,28)(H2,23,24,25,27)/t12-,14+,15+,16-/m0/s1. The number of aromatic amines is 1. The zero-order valence-corrected chi connectivity index (χ0v) is 17.0. The van der Waals surface area contributed by atoms with Gasteiger partial charge >= 0.3 is 6.09 Å². The number of hydrogen-bond acceptors (Lipinski definition) is 5. The van der Waals surface area contributed by atoms with Crippen LogP contribution in [0.5, 0.6) is 0 Å². The predicted molar refractivity (Wildman–Crippen MR) is 106 cm³/mol. The van der Waals surface area contributed by atoms with Gasteiger partial charge in [-0.2, -0.15) is 10.2 Å². The molecule has 2 aliphatic carbocycles. The van der Waals surface area contributed by atoms with E-state index in [2.05, 4.69) is 25.9 Å². The molecule has 29 heavy (non-hydrogen) atoms. The molecule has 0 saturated heterocycles. The largest absolute Gasteiger partial charge is 0.446 e. The van der Waals surface area contributed by atoms with Crippen molar-refractivity contribution in [3.8, 4) is 0 Å². The van der Waals surface area contributed by atoms with Crippen LogP contribution in [0, 0.1) is 5.92 Å². The highest BCUT2D eigenvalue weighted by molar-refractivity contribution is 5.94. The van der Waals surface area contributed by atoms with Gasteiger partial charge in [-0.15, -0.1) is 0 Å². The molecule has 0 aromatic carbocycles. The van der Waals surface area contributed by atoms with Crippen LogP contribution in [-0.4, -0.2) is 44.1 Å². The van der Waals surface area contributed by atoms with Gasteiger partial charge < -0.3 is 15.4 Å². The molecule has 4 rings (SSSR count). The van der Waals surface area contributed by atoms with Gasteiger partial charge in [0.25, 0.3) is 0 Å². The summed E-state index contributed by atoms with van der Waals surface area (Å²) in [7, 11) is 1.88. The molecule has 3 N–H and O–H groups in total. The Bertz CT molecular complexity index is 888. The van der Waals surface area contributed by atoms with Gasteiger partial charge in [0.05, 0.1) is 6.20 Å². The second-order valence-electron chi connectivity index (χ2n) is 8.43. The summed E-state index contributed by atoms with van der Waals surface area (Å²) in [5.74, 6) is 1.00. The molecule has 156 valence electrons. The van der Waals surface area contributed by atoms with Crippen LogP contribution in [0.1, 0.15) is 62.6 Å². The zero-order valence-electron chi connectivity index (χ0n) is 17.0. The quantitative estimate of drug-likeness (QED) is 0.690. The van der Waals surface area contributed by atoms with Crippen LogP contribution in [0.2, 0.25) is 0 Å². The highest BCUT2D eigenvalue weighted by Gasteiger charge is 2.44.